The van der Waals surface area contributed by atoms with Gasteiger partial charge in [0.05, 0.1) is 5.75 Å². The van der Waals surface area contributed by atoms with Crippen LogP contribution in [0.2, 0.25) is 0 Å². The Morgan fingerprint density at radius 3 is 2.24 bits per heavy atom. The number of hydrogen-bond donors (Lipinski definition) is 1. The van der Waals surface area contributed by atoms with Crippen LogP contribution in [0, 0.1) is 11.8 Å². The van der Waals surface area contributed by atoms with Crippen molar-refractivity contribution in [2.24, 2.45) is 11.8 Å². The number of sulfonamides is 1. The molecule has 0 amide bonds. The monoisotopic (exact) mass is 316 g/mol. The summed E-state index contributed by atoms with van der Waals surface area (Å²) in [5.74, 6) is 1.87. The van der Waals surface area contributed by atoms with E-state index in [1.165, 1.54) is 62.1 Å². The van der Waals surface area contributed by atoms with Crippen LogP contribution < -0.4 is 5.32 Å². The predicted octanol–water partition coefficient (Wildman–Crippen LogP) is 2.61. The molecule has 2 atom stereocenters. The molecule has 2 fully saturated rings. The molecule has 0 aliphatic heterocycles. The summed E-state index contributed by atoms with van der Waals surface area (Å²) in [6, 6.07) is 0.541. The summed E-state index contributed by atoms with van der Waals surface area (Å²) in [6.07, 6.45) is 12.2. The van der Waals surface area contributed by atoms with Crippen molar-refractivity contribution in [3.8, 4) is 0 Å². The summed E-state index contributed by atoms with van der Waals surface area (Å²) in [7, 11) is 0.153. The lowest BCUT2D eigenvalue weighted by Gasteiger charge is -2.39. The fourth-order valence-electron chi connectivity index (χ4n) is 4.10. The Bertz CT molecular complexity index is 403. The molecular weight excluding hydrogens is 284 g/mol. The third-order valence-corrected chi connectivity index (χ3v) is 7.23. The Morgan fingerprint density at radius 1 is 0.952 bits per heavy atom. The van der Waals surface area contributed by atoms with E-state index < -0.39 is 10.0 Å². The summed E-state index contributed by atoms with van der Waals surface area (Å²) in [5.41, 5.74) is 0. The van der Waals surface area contributed by atoms with Crippen LogP contribution in [-0.4, -0.2) is 45.2 Å². The van der Waals surface area contributed by atoms with Crippen LogP contribution in [0.4, 0.5) is 0 Å². The lowest BCUT2D eigenvalue weighted by atomic mass is 9.71. The molecule has 2 rings (SSSR count). The van der Waals surface area contributed by atoms with Crippen LogP contribution in [0.5, 0.6) is 0 Å². The van der Waals surface area contributed by atoms with E-state index >= 15 is 0 Å². The van der Waals surface area contributed by atoms with E-state index in [9.17, 15) is 8.42 Å². The van der Waals surface area contributed by atoms with Gasteiger partial charge in [-0.25, -0.2) is 12.7 Å². The molecule has 0 aromatic carbocycles. The quantitative estimate of drug-likeness (QED) is 0.819. The van der Waals surface area contributed by atoms with E-state index in [0.29, 0.717) is 12.6 Å². The molecule has 0 saturated heterocycles. The average molecular weight is 317 g/mol. The first-order valence-corrected chi connectivity index (χ1v) is 10.3. The highest BCUT2D eigenvalue weighted by Gasteiger charge is 2.32. The Balaban J connectivity index is 1.84. The largest absolute Gasteiger partial charge is 0.313 e. The van der Waals surface area contributed by atoms with Crippen molar-refractivity contribution in [2.45, 2.75) is 63.8 Å². The molecule has 2 aliphatic rings. The first-order valence-electron chi connectivity index (χ1n) is 8.64. The van der Waals surface area contributed by atoms with Gasteiger partial charge in [0, 0.05) is 26.7 Å². The summed E-state index contributed by atoms with van der Waals surface area (Å²) in [6.45, 7) is 0.592. The third kappa shape index (κ3) is 4.93. The second kappa shape index (κ2) is 7.93. The van der Waals surface area contributed by atoms with Crippen molar-refractivity contribution < 1.29 is 8.42 Å². The predicted molar refractivity (Wildman–Crippen MR) is 87.8 cm³/mol. The van der Waals surface area contributed by atoms with Gasteiger partial charge in [-0.1, -0.05) is 44.9 Å². The van der Waals surface area contributed by atoms with Gasteiger partial charge >= 0.3 is 0 Å². The Labute approximate surface area is 130 Å². The van der Waals surface area contributed by atoms with Crippen LogP contribution in [0.3, 0.4) is 0 Å². The number of hydrogen-bond acceptors (Lipinski definition) is 3. The fourth-order valence-corrected chi connectivity index (χ4v) is 4.84. The fraction of sp³-hybridized carbons (Fsp3) is 1.00. The standard InChI is InChI=1S/C16H32N2O2S/c1-18(2)21(19,20)13-12-17-16-11-7-6-10-15(16)14-8-4-3-5-9-14/h14-17H,3-13H2,1-2H3. The molecule has 4 nitrogen and oxygen atoms in total. The van der Waals surface area contributed by atoms with Crippen molar-refractivity contribution in [2.75, 3.05) is 26.4 Å². The molecule has 2 saturated carbocycles. The van der Waals surface area contributed by atoms with Crippen LogP contribution in [-0.2, 0) is 10.0 Å². The summed E-state index contributed by atoms with van der Waals surface area (Å²) >= 11 is 0. The normalized spacial score (nSPS) is 28.9. The maximum absolute atomic E-state index is 11.8. The molecule has 5 heteroatoms. The topological polar surface area (TPSA) is 49.4 Å². The SMILES string of the molecule is CN(C)S(=O)(=O)CCNC1CCCCC1C1CCCCC1. The van der Waals surface area contributed by atoms with Gasteiger partial charge in [-0.3, -0.25) is 0 Å². The highest BCUT2D eigenvalue weighted by atomic mass is 32.2. The maximum Gasteiger partial charge on any atom is 0.214 e. The van der Waals surface area contributed by atoms with Gasteiger partial charge in [0.2, 0.25) is 10.0 Å². The first-order chi connectivity index (χ1) is 10.0. The molecule has 1 N–H and O–H groups in total. The Hall–Kier alpha value is -0.130. The molecule has 2 aliphatic carbocycles. The van der Waals surface area contributed by atoms with Crippen LogP contribution in [0.1, 0.15) is 57.8 Å². The zero-order chi connectivity index (χ0) is 15.3. The third-order valence-electron chi connectivity index (χ3n) is 5.40. The minimum atomic E-state index is -3.07. The van der Waals surface area contributed by atoms with Gasteiger partial charge in [-0.05, 0) is 24.7 Å². The summed E-state index contributed by atoms with van der Waals surface area (Å²) in [4.78, 5) is 0. The first kappa shape index (κ1) is 17.2. The smallest absolute Gasteiger partial charge is 0.214 e. The molecular formula is C16H32N2O2S. The van der Waals surface area contributed by atoms with Crippen LogP contribution in [0.15, 0.2) is 0 Å². The highest BCUT2D eigenvalue weighted by Crippen LogP contribution is 2.38. The van der Waals surface area contributed by atoms with Crippen LogP contribution >= 0.6 is 0 Å². The molecule has 0 radical (unpaired) electrons. The van der Waals surface area contributed by atoms with Crippen molar-refractivity contribution >= 4 is 10.0 Å². The molecule has 124 valence electrons. The molecule has 0 bridgehead atoms. The molecule has 0 aromatic heterocycles. The zero-order valence-corrected chi connectivity index (χ0v) is 14.5. The van der Waals surface area contributed by atoms with Crippen molar-refractivity contribution in [3.05, 3.63) is 0 Å². The summed E-state index contributed by atoms with van der Waals surface area (Å²) in [5, 5.41) is 3.57. The van der Waals surface area contributed by atoms with E-state index in [-0.39, 0.29) is 5.75 Å². The van der Waals surface area contributed by atoms with Gasteiger partial charge in [0.15, 0.2) is 0 Å². The minimum absolute atomic E-state index is 0.216. The molecule has 2 unspecified atom stereocenters. The van der Waals surface area contributed by atoms with E-state index in [0.717, 1.165) is 11.8 Å². The Kier molecular flexibility index (Phi) is 6.51. The minimum Gasteiger partial charge on any atom is -0.313 e. The average Bonchev–Trinajstić information content (AvgIpc) is 2.48. The molecule has 21 heavy (non-hydrogen) atoms. The van der Waals surface area contributed by atoms with Crippen molar-refractivity contribution in [1.29, 1.82) is 0 Å². The zero-order valence-electron chi connectivity index (χ0n) is 13.7. The number of nitrogens with one attached hydrogen (secondary N) is 1. The van der Waals surface area contributed by atoms with Gasteiger partial charge in [0.25, 0.3) is 0 Å². The van der Waals surface area contributed by atoms with Gasteiger partial charge in [-0.2, -0.15) is 0 Å². The van der Waals surface area contributed by atoms with Crippen molar-refractivity contribution in [1.82, 2.24) is 9.62 Å². The Morgan fingerprint density at radius 2 is 1.57 bits per heavy atom. The second-order valence-corrected chi connectivity index (χ2v) is 9.31. The van der Waals surface area contributed by atoms with E-state index in [1.54, 1.807) is 14.1 Å². The second-order valence-electron chi connectivity index (χ2n) is 7.01. The highest BCUT2D eigenvalue weighted by molar-refractivity contribution is 7.89. The van der Waals surface area contributed by atoms with E-state index in [2.05, 4.69) is 5.32 Å². The number of rotatable bonds is 6. The maximum atomic E-state index is 11.8. The van der Waals surface area contributed by atoms with Gasteiger partial charge < -0.3 is 5.32 Å². The van der Waals surface area contributed by atoms with Gasteiger partial charge in [0.1, 0.15) is 0 Å². The summed E-state index contributed by atoms with van der Waals surface area (Å²) < 4.78 is 25.0. The molecule has 0 aromatic rings. The molecule has 0 spiro atoms. The van der Waals surface area contributed by atoms with E-state index in [4.69, 9.17) is 0 Å². The van der Waals surface area contributed by atoms with Crippen molar-refractivity contribution in [3.63, 3.8) is 0 Å². The molecule has 0 heterocycles. The lowest BCUT2D eigenvalue weighted by Crippen LogP contribution is -2.44. The lowest BCUT2D eigenvalue weighted by molar-refractivity contribution is 0.151. The van der Waals surface area contributed by atoms with E-state index in [1.807, 2.05) is 0 Å². The van der Waals surface area contributed by atoms with Gasteiger partial charge in [-0.15, -0.1) is 0 Å². The van der Waals surface area contributed by atoms with Crippen LogP contribution in [0.25, 0.3) is 0 Å². The number of nitrogens with zero attached hydrogens (tertiary/aromatic N) is 1.